The summed E-state index contributed by atoms with van der Waals surface area (Å²) in [5.41, 5.74) is 0. The number of rotatable bonds is 5. The van der Waals surface area contributed by atoms with E-state index in [1.807, 2.05) is 0 Å². The Bertz CT molecular complexity index is 294. The van der Waals surface area contributed by atoms with Gasteiger partial charge >= 0.3 is 0 Å². The SMILES string of the molecule is C/C=C/CN1CC(C(C)CC)NCC1C1CCCCC1. The lowest BCUT2D eigenvalue weighted by molar-refractivity contribution is 0.0688. The molecular formula is C18H34N2. The van der Waals surface area contributed by atoms with Gasteiger partial charge in [0.1, 0.15) is 0 Å². The maximum Gasteiger partial charge on any atom is 0.0252 e. The highest BCUT2D eigenvalue weighted by molar-refractivity contribution is 4.95. The molecule has 0 spiro atoms. The first-order chi connectivity index (χ1) is 9.76. The van der Waals surface area contributed by atoms with E-state index in [0.29, 0.717) is 6.04 Å². The van der Waals surface area contributed by atoms with Crippen molar-refractivity contribution in [2.75, 3.05) is 19.6 Å². The monoisotopic (exact) mass is 278 g/mol. The molecule has 0 aromatic rings. The molecule has 0 radical (unpaired) electrons. The Morgan fingerprint density at radius 2 is 2.00 bits per heavy atom. The van der Waals surface area contributed by atoms with Crippen molar-refractivity contribution in [3.8, 4) is 0 Å². The Kier molecular flexibility index (Phi) is 6.57. The van der Waals surface area contributed by atoms with Gasteiger partial charge in [0.05, 0.1) is 0 Å². The summed E-state index contributed by atoms with van der Waals surface area (Å²) in [5, 5.41) is 3.86. The molecule has 2 fully saturated rings. The van der Waals surface area contributed by atoms with Crippen molar-refractivity contribution >= 4 is 0 Å². The minimum absolute atomic E-state index is 0.685. The predicted octanol–water partition coefficient (Wildman–Crippen LogP) is 3.83. The number of allylic oxidation sites excluding steroid dienone is 1. The van der Waals surface area contributed by atoms with Crippen LogP contribution in [-0.2, 0) is 0 Å². The Morgan fingerprint density at radius 1 is 1.25 bits per heavy atom. The normalized spacial score (nSPS) is 31.8. The number of hydrogen-bond donors (Lipinski definition) is 1. The summed E-state index contributed by atoms with van der Waals surface area (Å²) in [6, 6.07) is 1.46. The average Bonchev–Trinajstić information content (AvgIpc) is 2.52. The van der Waals surface area contributed by atoms with Gasteiger partial charge in [-0.1, -0.05) is 51.7 Å². The maximum absolute atomic E-state index is 3.86. The molecule has 0 aromatic carbocycles. The summed E-state index contributed by atoms with van der Waals surface area (Å²) < 4.78 is 0. The first-order valence-electron chi connectivity index (χ1n) is 8.84. The van der Waals surface area contributed by atoms with E-state index in [0.717, 1.165) is 24.4 Å². The molecule has 0 bridgehead atoms. The molecule has 0 amide bonds. The fourth-order valence-electron chi connectivity index (χ4n) is 3.95. The molecule has 1 aliphatic carbocycles. The average molecular weight is 278 g/mol. The Hall–Kier alpha value is -0.340. The third-order valence-corrected chi connectivity index (χ3v) is 5.59. The molecule has 0 aromatic heterocycles. The van der Waals surface area contributed by atoms with E-state index in [-0.39, 0.29) is 0 Å². The van der Waals surface area contributed by atoms with E-state index < -0.39 is 0 Å². The molecule has 1 heterocycles. The van der Waals surface area contributed by atoms with Crippen LogP contribution < -0.4 is 5.32 Å². The summed E-state index contributed by atoms with van der Waals surface area (Å²) in [4.78, 5) is 2.77. The molecule has 2 aliphatic rings. The van der Waals surface area contributed by atoms with Gasteiger partial charge < -0.3 is 5.32 Å². The van der Waals surface area contributed by atoms with Crippen LogP contribution in [0.3, 0.4) is 0 Å². The Labute approximate surface area is 126 Å². The van der Waals surface area contributed by atoms with Crippen molar-refractivity contribution in [3.05, 3.63) is 12.2 Å². The van der Waals surface area contributed by atoms with E-state index in [1.165, 1.54) is 51.6 Å². The molecule has 2 nitrogen and oxygen atoms in total. The number of piperazine rings is 1. The Balaban J connectivity index is 1.98. The maximum atomic E-state index is 3.86. The fourth-order valence-corrected chi connectivity index (χ4v) is 3.95. The van der Waals surface area contributed by atoms with Crippen LogP contribution in [0.1, 0.15) is 59.3 Å². The van der Waals surface area contributed by atoms with Gasteiger partial charge in [0, 0.05) is 31.7 Å². The molecule has 1 saturated carbocycles. The first-order valence-corrected chi connectivity index (χ1v) is 8.84. The van der Waals surface area contributed by atoms with Crippen molar-refractivity contribution in [3.63, 3.8) is 0 Å². The highest BCUT2D eigenvalue weighted by atomic mass is 15.2. The quantitative estimate of drug-likeness (QED) is 0.769. The molecule has 1 saturated heterocycles. The Morgan fingerprint density at radius 3 is 2.65 bits per heavy atom. The lowest BCUT2D eigenvalue weighted by Gasteiger charge is -2.46. The van der Waals surface area contributed by atoms with Crippen LogP contribution >= 0.6 is 0 Å². The van der Waals surface area contributed by atoms with Crippen molar-refractivity contribution in [2.45, 2.75) is 71.4 Å². The van der Waals surface area contributed by atoms with Gasteiger partial charge in [0.25, 0.3) is 0 Å². The zero-order valence-corrected chi connectivity index (χ0v) is 13.8. The van der Waals surface area contributed by atoms with E-state index in [2.05, 4.69) is 43.1 Å². The standard InChI is InChI=1S/C18H34N2/c1-4-6-12-20-14-17(15(3)5-2)19-13-18(20)16-10-8-7-9-11-16/h4,6,15-19H,5,7-14H2,1-3H3/b6-4+. The van der Waals surface area contributed by atoms with Crippen LogP contribution in [0.4, 0.5) is 0 Å². The molecule has 20 heavy (non-hydrogen) atoms. The summed E-state index contributed by atoms with van der Waals surface area (Å²) >= 11 is 0. The van der Waals surface area contributed by atoms with Crippen molar-refractivity contribution in [1.82, 2.24) is 10.2 Å². The van der Waals surface area contributed by atoms with Gasteiger partial charge in [-0.25, -0.2) is 0 Å². The van der Waals surface area contributed by atoms with Crippen LogP contribution in [0.5, 0.6) is 0 Å². The first kappa shape index (κ1) is 16.0. The van der Waals surface area contributed by atoms with Gasteiger partial charge in [-0.15, -0.1) is 0 Å². The fraction of sp³-hybridized carbons (Fsp3) is 0.889. The van der Waals surface area contributed by atoms with E-state index in [4.69, 9.17) is 0 Å². The van der Waals surface area contributed by atoms with Crippen LogP contribution in [0.2, 0.25) is 0 Å². The zero-order chi connectivity index (χ0) is 14.4. The molecule has 1 aliphatic heterocycles. The second-order valence-corrected chi connectivity index (χ2v) is 6.89. The van der Waals surface area contributed by atoms with Crippen molar-refractivity contribution in [1.29, 1.82) is 0 Å². The van der Waals surface area contributed by atoms with Gasteiger partial charge in [-0.2, -0.15) is 0 Å². The topological polar surface area (TPSA) is 15.3 Å². The number of nitrogens with zero attached hydrogens (tertiary/aromatic N) is 1. The summed E-state index contributed by atoms with van der Waals surface area (Å²) in [5.74, 6) is 1.72. The predicted molar refractivity (Wildman–Crippen MR) is 88.0 cm³/mol. The molecule has 3 atom stereocenters. The third kappa shape index (κ3) is 4.08. The summed E-state index contributed by atoms with van der Waals surface area (Å²) in [6.45, 7) is 10.4. The lowest BCUT2D eigenvalue weighted by Crippen LogP contribution is -2.60. The lowest BCUT2D eigenvalue weighted by atomic mass is 9.81. The molecule has 2 rings (SSSR count). The second-order valence-electron chi connectivity index (χ2n) is 6.89. The zero-order valence-electron chi connectivity index (χ0n) is 13.8. The molecule has 2 heteroatoms. The van der Waals surface area contributed by atoms with Gasteiger partial charge in [0.2, 0.25) is 0 Å². The van der Waals surface area contributed by atoms with E-state index >= 15 is 0 Å². The minimum Gasteiger partial charge on any atom is -0.311 e. The highest BCUT2D eigenvalue weighted by Crippen LogP contribution is 2.31. The third-order valence-electron chi connectivity index (χ3n) is 5.59. The summed E-state index contributed by atoms with van der Waals surface area (Å²) in [7, 11) is 0. The van der Waals surface area contributed by atoms with E-state index in [9.17, 15) is 0 Å². The van der Waals surface area contributed by atoms with Crippen LogP contribution in [-0.4, -0.2) is 36.6 Å². The van der Waals surface area contributed by atoms with Gasteiger partial charge in [-0.3, -0.25) is 4.90 Å². The second kappa shape index (κ2) is 8.19. The molecule has 1 N–H and O–H groups in total. The van der Waals surface area contributed by atoms with Gasteiger partial charge in [0.15, 0.2) is 0 Å². The molecule has 3 unspecified atom stereocenters. The van der Waals surface area contributed by atoms with Crippen LogP contribution in [0, 0.1) is 11.8 Å². The highest BCUT2D eigenvalue weighted by Gasteiger charge is 2.34. The molecule has 116 valence electrons. The molecular weight excluding hydrogens is 244 g/mol. The van der Waals surface area contributed by atoms with E-state index in [1.54, 1.807) is 0 Å². The largest absolute Gasteiger partial charge is 0.311 e. The van der Waals surface area contributed by atoms with Crippen LogP contribution in [0.25, 0.3) is 0 Å². The van der Waals surface area contributed by atoms with Crippen molar-refractivity contribution < 1.29 is 0 Å². The van der Waals surface area contributed by atoms with Crippen LogP contribution in [0.15, 0.2) is 12.2 Å². The minimum atomic E-state index is 0.685. The summed E-state index contributed by atoms with van der Waals surface area (Å²) in [6.07, 6.45) is 13.1. The van der Waals surface area contributed by atoms with Crippen molar-refractivity contribution in [2.24, 2.45) is 11.8 Å². The number of hydrogen-bond acceptors (Lipinski definition) is 2. The van der Waals surface area contributed by atoms with Gasteiger partial charge in [-0.05, 0) is 31.6 Å². The number of nitrogens with one attached hydrogen (secondary N) is 1. The smallest absolute Gasteiger partial charge is 0.0252 e.